The number of rotatable bonds is 3. The minimum atomic E-state index is -0.657. The Balaban J connectivity index is 1.83. The second-order valence-corrected chi connectivity index (χ2v) is 7.16. The molecule has 0 aliphatic carbocycles. The Kier molecular flexibility index (Phi) is 3.87. The molecule has 0 bridgehead atoms. The quantitative estimate of drug-likeness (QED) is 0.913. The van der Waals surface area contributed by atoms with Gasteiger partial charge in [0.05, 0.1) is 5.60 Å². The highest BCUT2D eigenvalue weighted by atomic mass is 16.3. The Hall–Kier alpha value is -1.59. The third-order valence-corrected chi connectivity index (χ3v) is 4.45. The summed E-state index contributed by atoms with van der Waals surface area (Å²) >= 11 is 0. The molecule has 1 aliphatic heterocycles. The van der Waals surface area contributed by atoms with E-state index in [1.165, 1.54) is 11.1 Å². The lowest BCUT2D eigenvalue weighted by molar-refractivity contribution is 0.00250. The molecule has 5 nitrogen and oxygen atoms in total. The zero-order chi connectivity index (χ0) is 15.9. The number of piperazine rings is 1. The smallest absolute Gasteiger partial charge is 0.139 e. The van der Waals surface area contributed by atoms with Crippen molar-refractivity contribution in [1.29, 1.82) is 0 Å². The van der Waals surface area contributed by atoms with Crippen molar-refractivity contribution in [3.05, 3.63) is 24.5 Å². The molecule has 1 fully saturated rings. The second-order valence-electron chi connectivity index (χ2n) is 7.16. The molecule has 0 radical (unpaired) electrons. The predicted octanol–water partition coefficient (Wildman–Crippen LogP) is 2.23. The molecule has 120 valence electrons. The van der Waals surface area contributed by atoms with Crippen molar-refractivity contribution < 1.29 is 5.11 Å². The van der Waals surface area contributed by atoms with Crippen molar-refractivity contribution in [2.45, 2.75) is 45.4 Å². The Bertz CT molecular complexity index is 633. The fourth-order valence-electron chi connectivity index (χ4n) is 3.53. The van der Waals surface area contributed by atoms with E-state index < -0.39 is 5.60 Å². The summed E-state index contributed by atoms with van der Waals surface area (Å²) < 4.78 is 0. The number of pyridine rings is 1. The maximum atomic E-state index is 10.1. The normalized spacial score (nSPS) is 24.1. The Morgan fingerprint density at radius 1 is 1.27 bits per heavy atom. The van der Waals surface area contributed by atoms with Crippen LogP contribution in [0.2, 0.25) is 0 Å². The largest absolute Gasteiger partial charge is 0.389 e. The number of hydrogen-bond donors (Lipinski definition) is 2. The van der Waals surface area contributed by atoms with Gasteiger partial charge >= 0.3 is 0 Å². The minimum Gasteiger partial charge on any atom is -0.389 e. The van der Waals surface area contributed by atoms with Crippen LogP contribution in [0.1, 0.15) is 27.7 Å². The third-order valence-electron chi connectivity index (χ3n) is 4.45. The van der Waals surface area contributed by atoms with Crippen LogP contribution in [-0.4, -0.2) is 57.3 Å². The molecule has 2 aromatic heterocycles. The number of aliphatic hydroxyl groups is 1. The van der Waals surface area contributed by atoms with Crippen LogP contribution in [0.15, 0.2) is 24.5 Å². The molecule has 5 heteroatoms. The van der Waals surface area contributed by atoms with Crippen LogP contribution in [0.25, 0.3) is 11.0 Å². The van der Waals surface area contributed by atoms with Gasteiger partial charge in [0.25, 0.3) is 0 Å². The number of fused-ring (bicyclic) bond motifs is 1. The summed E-state index contributed by atoms with van der Waals surface area (Å²) in [5, 5.41) is 11.3. The van der Waals surface area contributed by atoms with Gasteiger partial charge in [0.1, 0.15) is 5.65 Å². The van der Waals surface area contributed by atoms with E-state index in [1.807, 2.05) is 26.2 Å². The summed E-state index contributed by atoms with van der Waals surface area (Å²) in [7, 11) is 0. The van der Waals surface area contributed by atoms with E-state index in [-0.39, 0.29) is 0 Å². The van der Waals surface area contributed by atoms with E-state index in [4.69, 9.17) is 0 Å². The highest BCUT2D eigenvalue weighted by Gasteiger charge is 2.33. The lowest BCUT2D eigenvalue weighted by Gasteiger charge is -2.47. The van der Waals surface area contributed by atoms with Crippen molar-refractivity contribution in [1.82, 2.24) is 14.9 Å². The van der Waals surface area contributed by atoms with E-state index in [1.54, 1.807) is 0 Å². The third kappa shape index (κ3) is 2.96. The highest BCUT2D eigenvalue weighted by molar-refractivity contribution is 5.89. The molecule has 1 unspecified atom stereocenters. The first-order valence-electron chi connectivity index (χ1n) is 8.00. The summed E-state index contributed by atoms with van der Waals surface area (Å²) in [6, 6.07) is 4.99. The second kappa shape index (κ2) is 5.56. The maximum absolute atomic E-state index is 10.1. The standard InChI is InChI=1S/C17H26N4O/c1-12-9-20(10-13(2)21(12)11-17(3,4)22)15-6-8-19-16-14(15)5-7-18-16/h5-8,12-13,22H,9-11H2,1-4H3,(H,18,19)/t12-,13?/m0/s1. The van der Waals surface area contributed by atoms with Gasteiger partial charge in [-0.25, -0.2) is 4.98 Å². The van der Waals surface area contributed by atoms with Crippen LogP contribution in [-0.2, 0) is 0 Å². The van der Waals surface area contributed by atoms with Gasteiger partial charge in [0.15, 0.2) is 0 Å². The molecule has 1 aliphatic rings. The van der Waals surface area contributed by atoms with Crippen LogP contribution in [0, 0.1) is 0 Å². The molecule has 2 atom stereocenters. The Morgan fingerprint density at radius 2 is 1.95 bits per heavy atom. The zero-order valence-electron chi connectivity index (χ0n) is 13.9. The molecule has 2 aromatic rings. The first-order valence-corrected chi connectivity index (χ1v) is 8.00. The van der Waals surface area contributed by atoms with Crippen molar-refractivity contribution in [2.75, 3.05) is 24.5 Å². The van der Waals surface area contributed by atoms with Crippen LogP contribution < -0.4 is 4.90 Å². The summed E-state index contributed by atoms with van der Waals surface area (Å²) in [5.74, 6) is 0. The van der Waals surface area contributed by atoms with Gasteiger partial charge in [-0.1, -0.05) is 0 Å². The van der Waals surface area contributed by atoms with E-state index >= 15 is 0 Å². The van der Waals surface area contributed by atoms with E-state index in [9.17, 15) is 5.11 Å². The molecule has 3 rings (SSSR count). The lowest BCUT2D eigenvalue weighted by Crippen LogP contribution is -2.59. The van der Waals surface area contributed by atoms with Gasteiger partial charge in [-0.05, 0) is 39.8 Å². The van der Waals surface area contributed by atoms with E-state index in [0.717, 1.165) is 18.7 Å². The molecule has 2 N–H and O–H groups in total. The number of aromatic amines is 1. The van der Waals surface area contributed by atoms with Crippen LogP contribution in [0.3, 0.4) is 0 Å². The van der Waals surface area contributed by atoms with Crippen LogP contribution >= 0.6 is 0 Å². The first-order chi connectivity index (χ1) is 10.3. The molecule has 3 heterocycles. The summed E-state index contributed by atoms with van der Waals surface area (Å²) in [5.41, 5.74) is 1.53. The zero-order valence-corrected chi connectivity index (χ0v) is 13.9. The number of β-amino-alcohol motifs (C(OH)–C–C–N with tert-alkyl or cyclic N) is 1. The monoisotopic (exact) mass is 302 g/mol. The minimum absolute atomic E-state index is 0.400. The molecular weight excluding hydrogens is 276 g/mol. The summed E-state index contributed by atoms with van der Waals surface area (Å²) in [6.45, 7) is 10.9. The number of H-pyrrole nitrogens is 1. The molecule has 22 heavy (non-hydrogen) atoms. The van der Waals surface area contributed by atoms with Gasteiger partial charge in [-0.3, -0.25) is 4.90 Å². The molecule has 0 spiro atoms. The summed E-state index contributed by atoms with van der Waals surface area (Å²) in [4.78, 5) is 12.4. The van der Waals surface area contributed by atoms with Crippen molar-refractivity contribution >= 4 is 16.7 Å². The van der Waals surface area contributed by atoms with Gasteiger partial charge in [0, 0.05) is 55.2 Å². The Morgan fingerprint density at radius 3 is 2.59 bits per heavy atom. The van der Waals surface area contributed by atoms with Crippen LogP contribution in [0.4, 0.5) is 5.69 Å². The number of hydrogen-bond acceptors (Lipinski definition) is 4. The number of nitrogens with zero attached hydrogens (tertiary/aromatic N) is 3. The van der Waals surface area contributed by atoms with E-state index in [2.05, 4.69) is 45.7 Å². The van der Waals surface area contributed by atoms with Gasteiger partial charge in [-0.15, -0.1) is 0 Å². The molecule has 0 aromatic carbocycles. The van der Waals surface area contributed by atoms with Crippen molar-refractivity contribution in [3.8, 4) is 0 Å². The van der Waals surface area contributed by atoms with Crippen molar-refractivity contribution in [3.63, 3.8) is 0 Å². The molecule has 0 saturated carbocycles. The van der Waals surface area contributed by atoms with Gasteiger partial charge in [0.2, 0.25) is 0 Å². The average Bonchev–Trinajstić information content (AvgIpc) is 2.89. The van der Waals surface area contributed by atoms with Gasteiger partial charge in [-0.2, -0.15) is 0 Å². The van der Waals surface area contributed by atoms with Crippen molar-refractivity contribution in [2.24, 2.45) is 0 Å². The molecule has 0 amide bonds. The van der Waals surface area contributed by atoms with Crippen LogP contribution in [0.5, 0.6) is 0 Å². The predicted molar refractivity (Wildman–Crippen MR) is 90.2 cm³/mol. The Labute approximate surface area is 131 Å². The topological polar surface area (TPSA) is 55.4 Å². The highest BCUT2D eigenvalue weighted by Crippen LogP contribution is 2.29. The SMILES string of the molecule is CC1CN(c2ccnc3[nH]ccc23)C[C@H](C)N1CC(C)(C)O. The first kappa shape index (κ1) is 15.3. The average molecular weight is 302 g/mol. The number of aromatic nitrogens is 2. The maximum Gasteiger partial charge on any atom is 0.139 e. The molecular formula is C17H26N4O. The summed E-state index contributed by atoms with van der Waals surface area (Å²) in [6.07, 6.45) is 3.81. The van der Waals surface area contributed by atoms with Gasteiger partial charge < -0.3 is 15.0 Å². The lowest BCUT2D eigenvalue weighted by atomic mass is 10.0. The fourth-order valence-corrected chi connectivity index (χ4v) is 3.53. The van der Waals surface area contributed by atoms with E-state index in [0.29, 0.717) is 18.6 Å². The molecule has 1 saturated heterocycles. The number of anilines is 1. The number of nitrogens with one attached hydrogen (secondary N) is 1. The fraction of sp³-hybridized carbons (Fsp3) is 0.588.